The first kappa shape index (κ1) is 13.2. The van der Waals surface area contributed by atoms with Gasteiger partial charge in [0.25, 0.3) is 0 Å². The molecule has 1 N–H and O–H groups in total. The maximum Gasteiger partial charge on any atom is 0.119 e. The lowest BCUT2D eigenvalue weighted by atomic mass is 9.84. The van der Waals surface area contributed by atoms with Crippen LogP contribution in [0.25, 0.3) is 0 Å². The Hall–Kier alpha value is -1.80. The number of aryl methyl sites for hydroxylation is 3. The lowest BCUT2D eigenvalue weighted by Crippen LogP contribution is -2.25. The number of benzene rings is 2. The lowest BCUT2D eigenvalue weighted by molar-refractivity contribution is 0.0822. The van der Waals surface area contributed by atoms with E-state index in [0.717, 1.165) is 35.3 Å². The smallest absolute Gasteiger partial charge is 0.119 e. The zero-order chi connectivity index (χ0) is 14.3. The summed E-state index contributed by atoms with van der Waals surface area (Å²) in [5.41, 5.74) is 4.70. The molecule has 0 aliphatic heterocycles. The van der Waals surface area contributed by atoms with E-state index in [0.29, 0.717) is 0 Å². The summed E-state index contributed by atoms with van der Waals surface area (Å²) in [5, 5.41) is 11.2. The molecule has 20 heavy (non-hydrogen) atoms. The van der Waals surface area contributed by atoms with Crippen molar-refractivity contribution in [3.05, 3.63) is 64.2 Å². The zero-order valence-electron chi connectivity index (χ0n) is 12.2. The highest BCUT2D eigenvalue weighted by Crippen LogP contribution is 2.43. The third-order valence-electron chi connectivity index (χ3n) is 4.35. The van der Waals surface area contributed by atoms with Gasteiger partial charge in [0.1, 0.15) is 11.4 Å². The van der Waals surface area contributed by atoms with Gasteiger partial charge in [-0.25, -0.2) is 0 Å². The van der Waals surface area contributed by atoms with Gasteiger partial charge in [-0.1, -0.05) is 29.8 Å². The summed E-state index contributed by atoms with van der Waals surface area (Å²) in [6.45, 7) is 4.10. The minimum atomic E-state index is -0.863. The maximum atomic E-state index is 11.2. The van der Waals surface area contributed by atoms with Crippen LogP contribution >= 0.6 is 0 Å². The van der Waals surface area contributed by atoms with Crippen LogP contribution in [0.3, 0.4) is 0 Å². The van der Waals surface area contributed by atoms with Gasteiger partial charge in [0.2, 0.25) is 0 Å². The summed E-state index contributed by atoms with van der Waals surface area (Å²) in [6.07, 6.45) is 1.68. The van der Waals surface area contributed by atoms with Gasteiger partial charge in [-0.2, -0.15) is 0 Å². The van der Waals surface area contributed by atoms with Crippen molar-refractivity contribution in [3.8, 4) is 5.75 Å². The molecule has 2 heteroatoms. The highest BCUT2D eigenvalue weighted by molar-refractivity contribution is 5.50. The molecule has 2 aromatic carbocycles. The van der Waals surface area contributed by atoms with Gasteiger partial charge >= 0.3 is 0 Å². The van der Waals surface area contributed by atoms with E-state index in [4.69, 9.17) is 4.74 Å². The van der Waals surface area contributed by atoms with Gasteiger partial charge in [0.15, 0.2) is 0 Å². The van der Waals surface area contributed by atoms with Gasteiger partial charge < -0.3 is 9.84 Å². The summed E-state index contributed by atoms with van der Waals surface area (Å²) in [7, 11) is 1.66. The second kappa shape index (κ2) is 4.64. The van der Waals surface area contributed by atoms with E-state index >= 15 is 0 Å². The molecule has 0 saturated heterocycles. The predicted molar refractivity (Wildman–Crippen MR) is 80.2 cm³/mol. The number of ether oxygens (including phenoxy) is 1. The Morgan fingerprint density at radius 1 is 1.05 bits per heavy atom. The van der Waals surface area contributed by atoms with Crippen LogP contribution in [0.15, 0.2) is 36.4 Å². The quantitative estimate of drug-likeness (QED) is 0.903. The number of fused-ring (bicyclic) bond motifs is 1. The fourth-order valence-corrected chi connectivity index (χ4v) is 3.25. The van der Waals surface area contributed by atoms with Crippen LogP contribution in [0.4, 0.5) is 0 Å². The molecule has 0 heterocycles. The molecule has 104 valence electrons. The molecule has 2 nitrogen and oxygen atoms in total. The first-order chi connectivity index (χ1) is 9.54. The highest BCUT2D eigenvalue weighted by atomic mass is 16.5. The number of aliphatic hydroxyl groups is 1. The minimum Gasteiger partial charge on any atom is -0.497 e. The van der Waals surface area contributed by atoms with Crippen molar-refractivity contribution in [2.45, 2.75) is 32.3 Å². The largest absolute Gasteiger partial charge is 0.497 e. The van der Waals surface area contributed by atoms with E-state index in [1.165, 1.54) is 11.1 Å². The summed E-state index contributed by atoms with van der Waals surface area (Å²) in [4.78, 5) is 0. The molecule has 0 bridgehead atoms. The molecule has 0 fully saturated rings. The number of methoxy groups -OCH3 is 1. The molecule has 0 amide bonds. The fourth-order valence-electron chi connectivity index (χ4n) is 3.25. The van der Waals surface area contributed by atoms with E-state index in [9.17, 15) is 5.11 Å². The Labute approximate surface area is 120 Å². The normalized spacial score (nSPS) is 20.8. The van der Waals surface area contributed by atoms with Gasteiger partial charge in [0.05, 0.1) is 7.11 Å². The topological polar surface area (TPSA) is 29.5 Å². The van der Waals surface area contributed by atoms with Crippen molar-refractivity contribution in [3.63, 3.8) is 0 Å². The van der Waals surface area contributed by atoms with E-state index < -0.39 is 5.60 Å². The van der Waals surface area contributed by atoms with Crippen molar-refractivity contribution in [1.82, 2.24) is 0 Å². The molecular weight excluding hydrogens is 248 g/mol. The maximum absolute atomic E-state index is 11.2. The number of rotatable bonds is 2. The summed E-state index contributed by atoms with van der Waals surface area (Å²) in [5.74, 6) is 0.831. The van der Waals surface area contributed by atoms with Gasteiger partial charge in [0, 0.05) is 0 Å². The van der Waals surface area contributed by atoms with Crippen LogP contribution in [-0.4, -0.2) is 12.2 Å². The van der Waals surface area contributed by atoms with Crippen molar-refractivity contribution in [2.24, 2.45) is 0 Å². The van der Waals surface area contributed by atoms with Crippen LogP contribution < -0.4 is 4.74 Å². The SMILES string of the molecule is COc1ccc(C2(O)CCc3ccc(C)cc32)c(C)c1. The third-order valence-corrected chi connectivity index (χ3v) is 4.35. The molecule has 2 aromatic rings. The Balaban J connectivity index is 2.14. The van der Waals surface area contributed by atoms with E-state index in [-0.39, 0.29) is 0 Å². The summed E-state index contributed by atoms with van der Waals surface area (Å²) < 4.78 is 5.25. The van der Waals surface area contributed by atoms with Gasteiger partial charge in [-0.05, 0) is 61.1 Å². The second-order valence-electron chi connectivity index (χ2n) is 5.70. The predicted octanol–water partition coefficient (Wildman–Crippen LogP) is 3.49. The first-order valence-corrected chi connectivity index (χ1v) is 7.02. The fraction of sp³-hybridized carbons (Fsp3) is 0.333. The number of hydrogen-bond donors (Lipinski definition) is 1. The van der Waals surface area contributed by atoms with Crippen molar-refractivity contribution < 1.29 is 9.84 Å². The van der Waals surface area contributed by atoms with Crippen LogP contribution in [0.1, 0.15) is 34.2 Å². The van der Waals surface area contributed by atoms with Crippen molar-refractivity contribution in [1.29, 1.82) is 0 Å². The minimum absolute atomic E-state index is 0.749. The second-order valence-corrected chi connectivity index (χ2v) is 5.70. The van der Waals surface area contributed by atoms with Crippen molar-refractivity contribution >= 4 is 0 Å². The Bertz CT molecular complexity index is 660. The summed E-state index contributed by atoms with van der Waals surface area (Å²) in [6, 6.07) is 12.3. The highest BCUT2D eigenvalue weighted by Gasteiger charge is 2.39. The molecule has 0 radical (unpaired) electrons. The van der Waals surface area contributed by atoms with E-state index in [1.807, 2.05) is 25.1 Å². The molecule has 3 rings (SSSR count). The molecule has 1 aliphatic carbocycles. The van der Waals surface area contributed by atoms with Crippen LogP contribution in [0.5, 0.6) is 5.75 Å². The van der Waals surface area contributed by atoms with Crippen molar-refractivity contribution in [2.75, 3.05) is 7.11 Å². The monoisotopic (exact) mass is 268 g/mol. The zero-order valence-corrected chi connectivity index (χ0v) is 12.2. The molecular formula is C18H20O2. The average molecular weight is 268 g/mol. The van der Waals surface area contributed by atoms with Crippen LogP contribution in [0.2, 0.25) is 0 Å². The lowest BCUT2D eigenvalue weighted by Gasteiger charge is -2.27. The third kappa shape index (κ3) is 1.92. The molecule has 0 spiro atoms. The summed E-state index contributed by atoms with van der Waals surface area (Å²) >= 11 is 0. The molecule has 1 atom stereocenters. The Morgan fingerprint density at radius 2 is 1.85 bits per heavy atom. The standard InChI is InChI=1S/C18H20O2/c1-12-4-5-14-8-9-18(19,17(14)10-12)16-7-6-15(20-3)11-13(16)2/h4-7,10-11,19H,8-9H2,1-3H3. The molecule has 1 aliphatic rings. The van der Waals surface area contributed by atoms with Crippen LogP contribution in [0, 0.1) is 13.8 Å². The Kier molecular flexibility index (Phi) is 3.06. The molecule has 0 saturated carbocycles. The molecule has 1 unspecified atom stereocenters. The van der Waals surface area contributed by atoms with Crippen LogP contribution in [-0.2, 0) is 12.0 Å². The van der Waals surface area contributed by atoms with E-state index in [1.54, 1.807) is 7.11 Å². The van der Waals surface area contributed by atoms with Gasteiger partial charge in [-0.15, -0.1) is 0 Å². The average Bonchev–Trinajstić information content (AvgIpc) is 2.77. The Morgan fingerprint density at radius 3 is 2.55 bits per heavy atom. The first-order valence-electron chi connectivity index (χ1n) is 7.02. The van der Waals surface area contributed by atoms with Gasteiger partial charge in [-0.3, -0.25) is 0 Å². The molecule has 0 aromatic heterocycles. The number of hydrogen-bond acceptors (Lipinski definition) is 2. The van der Waals surface area contributed by atoms with E-state index in [2.05, 4.69) is 25.1 Å².